The monoisotopic (exact) mass is 346 g/mol. The van der Waals surface area contributed by atoms with Crippen LogP contribution in [0.1, 0.15) is 16.8 Å². The van der Waals surface area contributed by atoms with E-state index in [4.69, 9.17) is 4.74 Å². The van der Waals surface area contributed by atoms with Crippen LogP contribution in [0.2, 0.25) is 0 Å². The maximum atomic E-state index is 12.4. The van der Waals surface area contributed by atoms with Crippen LogP contribution in [0.15, 0.2) is 23.6 Å². The lowest BCUT2D eigenvalue weighted by Gasteiger charge is -2.29. The van der Waals surface area contributed by atoms with Crippen LogP contribution in [-0.4, -0.2) is 43.7 Å². The van der Waals surface area contributed by atoms with E-state index in [-0.39, 0.29) is 6.03 Å². The van der Waals surface area contributed by atoms with Crippen molar-refractivity contribution in [3.8, 4) is 5.75 Å². The summed E-state index contributed by atoms with van der Waals surface area (Å²) < 4.78 is 5.41. The fourth-order valence-corrected chi connectivity index (χ4v) is 3.56. The number of fused-ring (bicyclic) bond motifs is 1. The normalized spacial score (nSPS) is 13.4. The average Bonchev–Trinajstić information content (AvgIpc) is 3.08. The number of amides is 2. The van der Waals surface area contributed by atoms with E-state index < -0.39 is 0 Å². The second-order valence-corrected chi connectivity index (χ2v) is 6.78. The molecule has 2 heterocycles. The third kappa shape index (κ3) is 3.46. The van der Waals surface area contributed by atoms with Gasteiger partial charge in [-0.25, -0.2) is 9.78 Å². The van der Waals surface area contributed by atoms with Crippen LogP contribution in [0.3, 0.4) is 0 Å². The number of nitrogens with one attached hydrogen (secondary N) is 1. The second-order valence-electron chi connectivity index (χ2n) is 5.94. The maximum absolute atomic E-state index is 12.4. The standard InChI is InChI=1S/C17H22N4O2S/c1-20(2)17-19-13(11-24-17)9-18-16(22)21-8-7-14-12(10-21)5-4-6-15(14)23-3/h4-6,11H,7-10H2,1-3H3,(H,18,22). The molecule has 0 atom stereocenters. The molecule has 7 heteroatoms. The Labute approximate surface area is 146 Å². The first-order valence-corrected chi connectivity index (χ1v) is 8.75. The summed E-state index contributed by atoms with van der Waals surface area (Å²) >= 11 is 1.58. The zero-order valence-corrected chi connectivity index (χ0v) is 15.0. The molecule has 0 saturated heterocycles. The van der Waals surface area contributed by atoms with Crippen LogP contribution in [0.4, 0.5) is 9.93 Å². The first-order valence-electron chi connectivity index (χ1n) is 7.87. The molecule has 0 bridgehead atoms. The minimum atomic E-state index is -0.0529. The van der Waals surface area contributed by atoms with Gasteiger partial charge in [-0.2, -0.15) is 0 Å². The zero-order chi connectivity index (χ0) is 17.1. The van der Waals surface area contributed by atoms with Gasteiger partial charge in [-0.15, -0.1) is 11.3 Å². The molecule has 0 saturated carbocycles. The van der Waals surface area contributed by atoms with E-state index in [1.54, 1.807) is 18.4 Å². The average molecular weight is 346 g/mol. The Morgan fingerprint density at radius 3 is 3.00 bits per heavy atom. The summed E-state index contributed by atoms with van der Waals surface area (Å²) in [5.74, 6) is 0.909. The van der Waals surface area contributed by atoms with Gasteiger partial charge in [0.15, 0.2) is 5.13 Å². The Morgan fingerprint density at radius 1 is 1.46 bits per heavy atom. The number of urea groups is 1. The van der Waals surface area contributed by atoms with E-state index >= 15 is 0 Å². The minimum absolute atomic E-state index is 0.0529. The summed E-state index contributed by atoms with van der Waals surface area (Å²) in [6, 6.07) is 5.94. The molecule has 1 aromatic heterocycles. The van der Waals surface area contributed by atoms with Gasteiger partial charge in [0.25, 0.3) is 0 Å². The smallest absolute Gasteiger partial charge is 0.318 e. The van der Waals surface area contributed by atoms with Crippen molar-refractivity contribution < 1.29 is 9.53 Å². The van der Waals surface area contributed by atoms with Gasteiger partial charge < -0.3 is 19.9 Å². The van der Waals surface area contributed by atoms with Crippen LogP contribution in [0.5, 0.6) is 5.75 Å². The first-order chi connectivity index (χ1) is 11.6. The Balaban J connectivity index is 1.60. The van der Waals surface area contributed by atoms with E-state index in [9.17, 15) is 4.79 Å². The molecule has 128 valence electrons. The van der Waals surface area contributed by atoms with Crippen molar-refractivity contribution in [2.24, 2.45) is 0 Å². The molecule has 0 radical (unpaired) electrons. The number of ether oxygens (including phenoxy) is 1. The van der Waals surface area contributed by atoms with Crippen LogP contribution in [0, 0.1) is 0 Å². The van der Waals surface area contributed by atoms with Crippen molar-refractivity contribution in [2.75, 3.05) is 32.6 Å². The van der Waals surface area contributed by atoms with Crippen molar-refractivity contribution in [3.63, 3.8) is 0 Å². The molecular formula is C17H22N4O2S. The molecule has 1 aliphatic heterocycles. The number of rotatable bonds is 4. The van der Waals surface area contributed by atoms with E-state index in [1.165, 1.54) is 5.56 Å². The fraction of sp³-hybridized carbons (Fsp3) is 0.412. The van der Waals surface area contributed by atoms with Crippen LogP contribution >= 0.6 is 11.3 Å². The second kappa shape index (κ2) is 7.09. The highest BCUT2D eigenvalue weighted by molar-refractivity contribution is 7.13. The Kier molecular flexibility index (Phi) is 4.89. The number of hydrogen-bond acceptors (Lipinski definition) is 5. The molecule has 6 nitrogen and oxygen atoms in total. The summed E-state index contributed by atoms with van der Waals surface area (Å²) in [6.45, 7) is 1.75. The van der Waals surface area contributed by atoms with Crippen LogP contribution in [-0.2, 0) is 19.5 Å². The predicted molar refractivity (Wildman–Crippen MR) is 95.8 cm³/mol. The number of hydrogen-bond donors (Lipinski definition) is 1. The molecule has 1 aromatic carbocycles. The van der Waals surface area contributed by atoms with Gasteiger partial charge in [0.2, 0.25) is 0 Å². The predicted octanol–water partition coefficient (Wildman–Crippen LogP) is 2.49. The molecule has 24 heavy (non-hydrogen) atoms. The van der Waals surface area contributed by atoms with Gasteiger partial charge >= 0.3 is 6.03 Å². The molecular weight excluding hydrogens is 324 g/mol. The van der Waals surface area contributed by atoms with Crippen molar-refractivity contribution in [3.05, 3.63) is 40.4 Å². The fourth-order valence-electron chi connectivity index (χ4n) is 2.80. The quantitative estimate of drug-likeness (QED) is 0.924. The topological polar surface area (TPSA) is 57.7 Å². The number of carbonyl (C=O) groups excluding carboxylic acids is 1. The molecule has 2 aromatic rings. The van der Waals surface area contributed by atoms with Crippen molar-refractivity contribution >= 4 is 22.5 Å². The highest BCUT2D eigenvalue weighted by atomic mass is 32.1. The first kappa shape index (κ1) is 16.6. The lowest BCUT2D eigenvalue weighted by molar-refractivity contribution is 0.191. The number of thiazole rings is 1. The van der Waals surface area contributed by atoms with E-state index in [2.05, 4.69) is 16.4 Å². The molecule has 0 spiro atoms. The van der Waals surface area contributed by atoms with Gasteiger partial charge in [0.05, 0.1) is 19.3 Å². The zero-order valence-electron chi connectivity index (χ0n) is 14.2. The molecule has 2 amide bonds. The Morgan fingerprint density at radius 2 is 2.29 bits per heavy atom. The molecule has 0 unspecified atom stereocenters. The van der Waals surface area contributed by atoms with Gasteiger partial charge in [0.1, 0.15) is 5.75 Å². The van der Waals surface area contributed by atoms with Gasteiger partial charge in [-0.05, 0) is 18.1 Å². The lowest BCUT2D eigenvalue weighted by Crippen LogP contribution is -2.42. The Hall–Kier alpha value is -2.28. The molecule has 0 aliphatic carbocycles. The lowest BCUT2D eigenvalue weighted by atomic mass is 9.99. The highest BCUT2D eigenvalue weighted by Gasteiger charge is 2.22. The van der Waals surface area contributed by atoms with E-state index in [1.807, 2.05) is 41.4 Å². The summed E-state index contributed by atoms with van der Waals surface area (Å²) in [7, 11) is 5.60. The summed E-state index contributed by atoms with van der Waals surface area (Å²) in [5.41, 5.74) is 3.25. The van der Waals surface area contributed by atoms with E-state index in [0.717, 1.165) is 28.6 Å². The summed E-state index contributed by atoms with van der Waals surface area (Å²) in [6.07, 6.45) is 0.814. The molecule has 3 rings (SSSR count). The number of benzene rings is 1. The van der Waals surface area contributed by atoms with Crippen LogP contribution in [0.25, 0.3) is 0 Å². The molecule has 1 aliphatic rings. The maximum Gasteiger partial charge on any atom is 0.318 e. The third-order valence-electron chi connectivity index (χ3n) is 4.07. The third-order valence-corrected chi connectivity index (χ3v) is 5.13. The largest absolute Gasteiger partial charge is 0.496 e. The highest BCUT2D eigenvalue weighted by Crippen LogP contribution is 2.27. The number of nitrogens with zero attached hydrogens (tertiary/aromatic N) is 3. The Bertz CT molecular complexity index is 729. The number of carbonyl (C=O) groups is 1. The number of methoxy groups -OCH3 is 1. The molecule has 1 N–H and O–H groups in total. The van der Waals surface area contributed by atoms with Gasteiger partial charge in [-0.1, -0.05) is 12.1 Å². The van der Waals surface area contributed by atoms with Gasteiger partial charge in [0, 0.05) is 38.1 Å². The van der Waals surface area contributed by atoms with Crippen molar-refractivity contribution in [1.82, 2.24) is 15.2 Å². The minimum Gasteiger partial charge on any atom is -0.496 e. The van der Waals surface area contributed by atoms with Crippen LogP contribution < -0.4 is 15.0 Å². The summed E-state index contributed by atoms with van der Waals surface area (Å²) in [5, 5.41) is 5.88. The number of aromatic nitrogens is 1. The SMILES string of the molecule is COc1cccc2c1CCN(C(=O)NCc1csc(N(C)C)n1)C2. The van der Waals surface area contributed by atoms with E-state index in [0.29, 0.717) is 19.6 Å². The van der Waals surface area contributed by atoms with Gasteiger partial charge in [-0.3, -0.25) is 0 Å². The van der Waals surface area contributed by atoms with Crippen molar-refractivity contribution in [1.29, 1.82) is 0 Å². The number of anilines is 1. The summed E-state index contributed by atoms with van der Waals surface area (Å²) in [4.78, 5) is 20.7. The van der Waals surface area contributed by atoms with Crippen molar-refractivity contribution in [2.45, 2.75) is 19.5 Å². The molecule has 0 fully saturated rings.